The van der Waals surface area contributed by atoms with Crippen LogP contribution in [0.4, 0.5) is 0 Å². The van der Waals surface area contributed by atoms with E-state index in [0.717, 1.165) is 19.5 Å². The maximum Gasteiger partial charge on any atom is 0.307 e. The molecule has 0 aromatic heterocycles. The molecule has 5 nitrogen and oxygen atoms in total. The Labute approximate surface area is 96.4 Å². The van der Waals surface area contributed by atoms with Crippen molar-refractivity contribution in [1.82, 2.24) is 10.2 Å². The number of hydrogen-bond donors (Lipinski definition) is 3. The molecular weight excluding hydrogens is 208 g/mol. The molecule has 94 valence electrons. The lowest BCUT2D eigenvalue weighted by molar-refractivity contribution is -0.144. The van der Waals surface area contributed by atoms with Crippen LogP contribution in [0, 0.1) is 5.92 Å². The first-order chi connectivity index (χ1) is 7.67. The van der Waals surface area contributed by atoms with Crippen LogP contribution in [0.1, 0.15) is 19.8 Å². The highest BCUT2D eigenvalue weighted by molar-refractivity contribution is 5.70. The topological polar surface area (TPSA) is 72.8 Å². The fourth-order valence-electron chi connectivity index (χ4n) is 2.28. The highest BCUT2D eigenvalue weighted by atomic mass is 16.4. The number of rotatable bonds is 6. The molecule has 2 atom stereocenters. The third-order valence-corrected chi connectivity index (χ3v) is 2.96. The number of aliphatic carboxylic acids is 1. The summed E-state index contributed by atoms with van der Waals surface area (Å²) in [5.74, 6) is -0.993. The van der Waals surface area contributed by atoms with Crippen molar-refractivity contribution in [3.63, 3.8) is 0 Å². The van der Waals surface area contributed by atoms with Gasteiger partial charge >= 0.3 is 5.97 Å². The third kappa shape index (κ3) is 4.08. The molecule has 2 unspecified atom stereocenters. The van der Waals surface area contributed by atoms with Gasteiger partial charge in [-0.05, 0) is 19.4 Å². The first-order valence-electron chi connectivity index (χ1n) is 5.96. The van der Waals surface area contributed by atoms with Gasteiger partial charge in [-0.1, -0.05) is 6.92 Å². The molecule has 0 aliphatic carbocycles. The SMILES string of the molecule is CCCN1CC(NCCO)CC(C(=O)O)C1. The third-order valence-electron chi connectivity index (χ3n) is 2.96. The fraction of sp³-hybridized carbons (Fsp3) is 0.909. The standard InChI is InChI=1S/C11H22N2O3/c1-2-4-13-7-9(11(15)16)6-10(8-13)12-3-5-14/h9-10,12,14H,2-8H2,1H3,(H,15,16). The lowest BCUT2D eigenvalue weighted by Gasteiger charge is -2.36. The zero-order valence-corrected chi connectivity index (χ0v) is 9.85. The van der Waals surface area contributed by atoms with Crippen LogP contribution >= 0.6 is 0 Å². The Kier molecular flexibility index (Phi) is 5.73. The monoisotopic (exact) mass is 230 g/mol. The minimum atomic E-state index is -0.711. The minimum absolute atomic E-state index is 0.0992. The molecule has 0 aromatic carbocycles. The predicted molar refractivity (Wildman–Crippen MR) is 61.4 cm³/mol. The van der Waals surface area contributed by atoms with Gasteiger partial charge in [0.25, 0.3) is 0 Å². The van der Waals surface area contributed by atoms with Gasteiger partial charge in [-0.15, -0.1) is 0 Å². The summed E-state index contributed by atoms with van der Waals surface area (Å²) in [4.78, 5) is 13.2. The Morgan fingerprint density at radius 1 is 1.50 bits per heavy atom. The summed E-state index contributed by atoms with van der Waals surface area (Å²) >= 11 is 0. The molecule has 0 amide bonds. The number of aliphatic hydroxyl groups excluding tert-OH is 1. The first kappa shape index (κ1) is 13.4. The lowest BCUT2D eigenvalue weighted by atomic mass is 9.94. The number of carboxylic acids is 1. The number of aliphatic hydroxyl groups is 1. The van der Waals surface area contributed by atoms with Crippen LogP contribution in [0.5, 0.6) is 0 Å². The van der Waals surface area contributed by atoms with E-state index in [2.05, 4.69) is 17.1 Å². The van der Waals surface area contributed by atoms with Crippen molar-refractivity contribution in [2.75, 3.05) is 32.8 Å². The molecule has 0 radical (unpaired) electrons. The van der Waals surface area contributed by atoms with Crippen LogP contribution in [0.2, 0.25) is 0 Å². The van der Waals surface area contributed by atoms with Gasteiger partial charge in [-0.2, -0.15) is 0 Å². The van der Waals surface area contributed by atoms with E-state index >= 15 is 0 Å². The van der Waals surface area contributed by atoms with Crippen LogP contribution in [-0.4, -0.2) is 59.9 Å². The molecule has 1 heterocycles. The van der Waals surface area contributed by atoms with Crippen molar-refractivity contribution in [2.45, 2.75) is 25.8 Å². The molecule has 1 aliphatic heterocycles. The van der Waals surface area contributed by atoms with E-state index in [1.54, 1.807) is 0 Å². The van der Waals surface area contributed by atoms with E-state index in [4.69, 9.17) is 10.2 Å². The largest absolute Gasteiger partial charge is 0.481 e. The molecule has 3 N–H and O–H groups in total. The number of nitrogens with one attached hydrogen (secondary N) is 1. The second-order valence-corrected chi connectivity index (χ2v) is 4.41. The molecule has 1 aliphatic rings. The Morgan fingerprint density at radius 3 is 2.81 bits per heavy atom. The lowest BCUT2D eigenvalue weighted by Crippen LogP contribution is -2.51. The highest BCUT2D eigenvalue weighted by Crippen LogP contribution is 2.17. The fourth-order valence-corrected chi connectivity index (χ4v) is 2.28. The number of piperidine rings is 1. The van der Waals surface area contributed by atoms with E-state index in [1.807, 2.05) is 0 Å². The van der Waals surface area contributed by atoms with Crippen molar-refractivity contribution in [2.24, 2.45) is 5.92 Å². The maximum absolute atomic E-state index is 11.0. The van der Waals surface area contributed by atoms with Crippen LogP contribution in [0.25, 0.3) is 0 Å². The van der Waals surface area contributed by atoms with Gasteiger partial charge in [0.1, 0.15) is 0 Å². The summed E-state index contributed by atoms with van der Waals surface area (Å²) < 4.78 is 0. The van der Waals surface area contributed by atoms with E-state index in [-0.39, 0.29) is 18.6 Å². The zero-order chi connectivity index (χ0) is 12.0. The summed E-state index contributed by atoms with van der Waals surface area (Å²) in [5, 5.41) is 21.0. The molecule has 0 bridgehead atoms. The average Bonchev–Trinajstić information content (AvgIpc) is 2.26. The van der Waals surface area contributed by atoms with E-state index in [1.165, 1.54) is 0 Å². The first-order valence-corrected chi connectivity index (χ1v) is 5.96. The number of carboxylic acid groups (broad SMARTS) is 1. The summed E-state index contributed by atoms with van der Waals surface area (Å²) in [6.45, 7) is 5.22. The Hall–Kier alpha value is -0.650. The summed E-state index contributed by atoms with van der Waals surface area (Å²) in [6, 6.07) is 0.188. The average molecular weight is 230 g/mol. The van der Waals surface area contributed by atoms with Crippen molar-refractivity contribution in [1.29, 1.82) is 0 Å². The Bertz CT molecular complexity index is 223. The number of carbonyl (C=O) groups is 1. The quantitative estimate of drug-likeness (QED) is 0.587. The van der Waals surface area contributed by atoms with Crippen molar-refractivity contribution >= 4 is 5.97 Å². The van der Waals surface area contributed by atoms with E-state index in [9.17, 15) is 4.79 Å². The number of hydrogen-bond acceptors (Lipinski definition) is 4. The summed E-state index contributed by atoms with van der Waals surface area (Å²) in [5.41, 5.74) is 0. The molecule has 16 heavy (non-hydrogen) atoms. The molecule has 5 heteroatoms. The summed E-state index contributed by atoms with van der Waals surface area (Å²) in [6.07, 6.45) is 1.70. The number of nitrogens with zero attached hydrogens (tertiary/aromatic N) is 1. The van der Waals surface area contributed by atoms with Gasteiger partial charge in [0.2, 0.25) is 0 Å². The Morgan fingerprint density at radius 2 is 2.25 bits per heavy atom. The number of likely N-dealkylation sites (tertiary alicyclic amines) is 1. The highest BCUT2D eigenvalue weighted by Gasteiger charge is 2.30. The molecule has 0 saturated carbocycles. The zero-order valence-electron chi connectivity index (χ0n) is 9.85. The van der Waals surface area contributed by atoms with E-state index in [0.29, 0.717) is 19.5 Å². The molecule has 0 aromatic rings. The summed E-state index contributed by atoms with van der Waals surface area (Å²) in [7, 11) is 0. The second kappa shape index (κ2) is 6.83. The van der Waals surface area contributed by atoms with E-state index < -0.39 is 5.97 Å². The van der Waals surface area contributed by atoms with Crippen LogP contribution in [0.15, 0.2) is 0 Å². The minimum Gasteiger partial charge on any atom is -0.481 e. The Balaban J connectivity index is 2.48. The van der Waals surface area contributed by atoms with Crippen LogP contribution in [0.3, 0.4) is 0 Å². The van der Waals surface area contributed by atoms with Gasteiger partial charge in [-0.25, -0.2) is 0 Å². The van der Waals surface area contributed by atoms with Gasteiger partial charge in [0.05, 0.1) is 12.5 Å². The molecule has 1 saturated heterocycles. The van der Waals surface area contributed by atoms with Gasteiger partial charge in [-0.3, -0.25) is 4.79 Å². The molecule has 1 rings (SSSR count). The molecule has 1 fully saturated rings. The smallest absolute Gasteiger partial charge is 0.307 e. The van der Waals surface area contributed by atoms with Gasteiger partial charge in [0.15, 0.2) is 0 Å². The van der Waals surface area contributed by atoms with Crippen molar-refractivity contribution in [3.05, 3.63) is 0 Å². The van der Waals surface area contributed by atoms with Crippen molar-refractivity contribution < 1.29 is 15.0 Å². The van der Waals surface area contributed by atoms with Crippen LogP contribution < -0.4 is 5.32 Å². The maximum atomic E-state index is 11.0. The molecular formula is C11H22N2O3. The van der Waals surface area contributed by atoms with Crippen LogP contribution in [-0.2, 0) is 4.79 Å². The van der Waals surface area contributed by atoms with Crippen molar-refractivity contribution in [3.8, 4) is 0 Å². The predicted octanol–water partition coefficient (Wildman–Crippen LogP) is -0.247. The normalized spacial score (nSPS) is 26.9. The van der Waals surface area contributed by atoms with Gasteiger partial charge < -0.3 is 20.4 Å². The second-order valence-electron chi connectivity index (χ2n) is 4.41. The van der Waals surface area contributed by atoms with Gasteiger partial charge in [0, 0.05) is 25.7 Å². The molecule has 0 spiro atoms.